The molecule has 484 valence electrons. The fraction of sp³-hybridized carbons (Fsp3) is 0.337. The summed E-state index contributed by atoms with van der Waals surface area (Å²) in [4.78, 5) is 4.47. The van der Waals surface area contributed by atoms with Gasteiger partial charge in [0.05, 0.1) is 11.6 Å². The number of pyridine rings is 5. The minimum absolute atomic E-state index is 0.472. The van der Waals surface area contributed by atoms with Gasteiger partial charge in [0.1, 0.15) is 28.2 Å². The molecule has 0 saturated heterocycles. The first-order valence-electron chi connectivity index (χ1n) is 34.4. The molecule has 0 N–H and O–H groups in total. The molecular weight excluding hydrogens is 1140 g/mol. The monoisotopic (exact) mass is 1250 g/mol. The molecule has 7 aromatic carbocycles. The standard InChI is InChI=1S/2C23H28N.C22H26N.C21H25N2/c2*1-15(2)12-19-8-7-9-22-20(19)10-11-23(24(22)6)21-14-16(3)13-17(4)18(21)5;1-14(2)18-8-7-9-21-19(18)10-11-22(23(21)6)20-13-15(3)12-16(4)17(20)5;1-13(2)19-11-22-12-21-17(19)7-8-20(23(21)6)18-10-14(3)9-15(4)16(18)5/h2*7-11,13-15H,12H2,1-6H3;7-14H,1-6H3;7-13H,1-6H3/q4*+1. The second kappa shape index (κ2) is 29.3. The molecule has 0 radical (unpaired) electrons. The molecule has 5 heteroatoms. The highest BCUT2D eigenvalue weighted by molar-refractivity contribution is 5.85. The molecular formula is C89H107N5+4. The van der Waals surface area contributed by atoms with Crippen molar-refractivity contribution in [3.05, 3.63) is 253 Å². The van der Waals surface area contributed by atoms with E-state index in [-0.39, 0.29) is 0 Å². The molecule has 0 fully saturated rings. The Kier molecular flexibility index (Phi) is 21.7. The molecule has 12 rings (SSSR count). The second-order valence-electron chi connectivity index (χ2n) is 28.8. The summed E-state index contributed by atoms with van der Waals surface area (Å²) >= 11 is 0. The zero-order valence-electron chi connectivity index (χ0n) is 61.5. The molecule has 0 aliphatic heterocycles. The van der Waals surface area contributed by atoms with Crippen molar-refractivity contribution in [3.63, 3.8) is 0 Å². The second-order valence-corrected chi connectivity index (χ2v) is 28.8. The topological polar surface area (TPSA) is 28.4 Å². The van der Waals surface area contributed by atoms with E-state index in [9.17, 15) is 0 Å². The Morgan fingerprint density at radius 2 is 0.585 bits per heavy atom. The summed E-state index contributed by atoms with van der Waals surface area (Å²) in [7, 11) is 8.70. The predicted molar refractivity (Wildman–Crippen MR) is 402 cm³/mol. The molecule has 0 aliphatic rings. The van der Waals surface area contributed by atoms with E-state index >= 15 is 0 Å². The average Bonchev–Trinajstić information content (AvgIpc) is 0.797. The zero-order chi connectivity index (χ0) is 68.3. The van der Waals surface area contributed by atoms with Crippen LogP contribution in [0.3, 0.4) is 0 Å². The van der Waals surface area contributed by atoms with E-state index in [0.717, 1.165) is 12.8 Å². The Morgan fingerprint density at radius 3 is 0.904 bits per heavy atom. The number of benzene rings is 7. The van der Waals surface area contributed by atoms with Crippen molar-refractivity contribution in [2.75, 3.05) is 0 Å². The highest BCUT2D eigenvalue weighted by atomic mass is 15.0. The minimum atomic E-state index is 0.472. The van der Waals surface area contributed by atoms with Crippen molar-refractivity contribution in [1.29, 1.82) is 0 Å². The maximum Gasteiger partial charge on any atom is 0.231 e. The summed E-state index contributed by atoms with van der Waals surface area (Å²) in [5.41, 5.74) is 37.3. The van der Waals surface area contributed by atoms with E-state index in [4.69, 9.17) is 0 Å². The van der Waals surface area contributed by atoms with Crippen LogP contribution in [0, 0.1) is 94.9 Å². The number of aryl methyl sites for hydroxylation is 12. The first-order valence-corrected chi connectivity index (χ1v) is 34.4. The number of hydrogen-bond acceptors (Lipinski definition) is 1. The fourth-order valence-electron chi connectivity index (χ4n) is 14.3. The van der Waals surface area contributed by atoms with Gasteiger partial charge in [-0.25, -0.2) is 0 Å². The molecule has 0 atom stereocenters. The first-order chi connectivity index (χ1) is 44.6. The largest absolute Gasteiger partial charge is 0.257 e. The molecule has 0 unspecified atom stereocenters. The molecule has 0 spiro atoms. The average molecular weight is 1250 g/mol. The Bertz CT molecular complexity index is 4500. The van der Waals surface area contributed by atoms with Crippen LogP contribution in [0.4, 0.5) is 0 Å². The van der Waals surface area contributed by atoms with Gasteiger partial charge in [0, 0.05) is 87.1 Å². The summed E-state index contributed by atoms with van der Waals surface area (Å²) in [6.45, 7) is 44.5. The Morgan fingerprint density at radius 1 is 0.298 bits per heavy atom. The zero-order valence-corrected chi connectivity index (χ0v) is 61.5. The van der Waals surface area contributed by atoms with Crippen molar-refractivity contribution < 1.29 is 18.3 Å². The number of nitrogens with zero attached hydrogens (tertiary/aromatic N) is 5. The molecule has 0 aliphatic carbocycles. The predicted octanol–water partition coefficient (Wildman–Crippen LogP) is 21.1. The lowest BCUT2D eigenvalue weighted by Crippen LogP contribution is -2.32. The molecule has 0 saturated carbocycles. The fourth-order valence-corrected chi connectivity index (χ4v) is 14.3. The van der Waals surface area contributed by atoms with Crippen LogP contribution in [0.2, 0.25) is 0 Å². The number of rotatable bonds is 10. The molecule has 5 aromatic heterocycles. The van der Waals surface area contributed by atoms with E-state index in [1.54, 1.807) is 0 Å². The Balaban J connectivity index is 0.000000148. The normalized spacial score (nSPS) is 11.4. The van der Waals surface area contributed by atoms with Gasteiger partial charge >= 0.3 is 0 Å². The van der Waals surface area contributed by atoms with Crippen molar-refractivity contribution in [3.8, 4) is 45.0 Å². The summed E-state index contributed by atoms with van der Waals surface area (Å²) in [6.07, 6.45) is 6.22. The van der Waals surface area contributed by atoms with Crippen molar-refractivity contribution in [1.82, 2.24) is 4.98 Å². The molecule has 5 heterocycles. The highest BCUT2D eigenvalue weighted by Crippen LogP contribution is 2.34. The summed E-state index contributed by atoms with van der Waals surface area (Å²) < 4.78 is 9.30. The van der Waals surface area contributed by atoms with E-state index in [2.05, 4.69) is 342 Å². The van der Waals surface area contributed by atoms with Crippen LogP contribution in [0.25, 0.3) is 88.6 Å². The van der Waals surface area contributed by atoms with Crippen LogP contribution >= 0.6 is 0 Å². The van der Waals surface area contributed by atoms with Gasteiger partial charge in [-0.1, -0.05) is 138 Å². The van der Waals surface area contributed by atoms with Crippen molar-refractivity contribution in [2.45, 2.75) is 163 Å². The number of aromatic nitrogens is 5. The van der Waals surface area contributed by atoms with Crippen LogP contribution < -0.4 is 18.3 Å². The molecule has 0 bridgehead atoms. The van der Waals surface area contributed by atoms with Gasteiger partial charge in [0.2, 0.25) is 44.8 Å². The highest BCUT2D eigenvalue weighted by Gasteiger charge is 2.24. The van der Waals surface area contributed by atoms with Gasteiger partial charge in [0.15, 0.2) is 0 Å². The first kappa shape index (κ1) is 69.7. The van der Waals surface area contributed by atoms with Crippen molar-refractivity contribution >= 4 is 43.6 Å². The van der Waals surface area contributed by atoms with Crippen LogP contribution in [0.15, 0.2) is 164 Å². The maximum absolute atomic E-state index is 4.47. The van der Waals surface area contributed by atoms with Crippen LogP contribution in [-0.4, -0.2) is 4.98 Å². The van der Waals surface area contributed by atoms with E-state index in [1.165, 1.54) is 178 Å². The van der Waals surface area contributed by atoms with Crippen LogP contribution in [0.1, 0.15) is 156 Å². The Labute approximate surface area is 564 Å². The molecule has 94 heavy (non-hydrogen) atoms. The third kappa shape index (κ3) is 14.8. The van der Waals surface area contributed by atoms with E-state index < -0.39 is 0 Å². The van der Waals surface area contributed by atoms with Crippen LogP contribution in [0.5, 0.6) is 0 Å². The minimum Gasteiger partial charge on any atom is -0.257 e. The lowest BCUT2D eigenvalue weighted by atomic mass is 9.95. The van der Waals surface area contributed by atoms with Gasteiger partial charge in [-0.15, -0.1) is 0 Å². The summed E-state index contributed by atoms with van der Waals surface area (Å²) in [5.74, 6) is 2.34. The van der Waals surface area contributed by atoms with Crippen molar-refractivity contribution in [2.24, 2.45) is 40.0 Å². The lowest BCUT2D eigenvalue weighted by Gasteiger charge is -2.12. The maximum atomic E-state index is 4.47. The van der Waals surface area contributed by atoms with Crippen LogP contribution in [-0.2, 0) is 41.0 Å². The third-order valence-electron chi connectivity index (χ3n) is 19.8. The third-order valence-corrected chi connectivity index (χ3v) is 19.8. The summed E-state index contributed by atoms with van der Waals surface area (Å²) in [5, 5.41) is 5.40. The van der Waals surface area contributed by atoms with Gasteiger partial charge < -0.3 is 0 Å². The quantitative estimate of drug-likeness (QED) is 0.125. The van der Waals surface area contributed by atoms with E-state index in [0.29, 0.717) is 23.7 Å². The SMILES string of the molecule is Cc1cc(C)c(C)c(-c2ccc3c(C(C)C)cccc3[n+]2C)c1.Cc1cc(C)c(C)c(-c2ccc3c(C(C)C)cncc3[n+]2C)c1.Cc1cc(C)c(C)c(-c2ccc3c(CC(C)C)cccc3[n+]2C)c1.Cc1cc(C)c(C)c(-c2ccc3c(CC(C)C)cccc3[n+]2C)c1. The number of hydrogen-bond donors (Lipinski definition) is 0. The van der Waals surface area contributed by atoms with Gasteiger partial charge in [-0.2, -0.15) is 18.3 Å². The molecule has 0 amide bonds. The van der Waals surface area contributed by atoms with Gasteiger partial charge in [0.25, 0.3) is 0 Å². The van der Waals surface area contributed by atoms with Gasteiger partial charge in [-0.3, -0.25) is 4.98 Å². The molecule has 12 aromatic rings. The number of fused-ring (bicyclic) bond motifs is 4. The smallest absolute Gasteiger partial charge is 0.231 e. The summed E-state index contributed by atoms with van der Waals surface area (Å²) in [6, 6.07) is 56.5. The van der Waals surface area contributed by atoms with E-state index in [1.807, 2.05) is 12.4 Å². The molecule has 5 nitrogen and oxygen atoms in total. The lowest BCUT2D eigenvalue weighted by molar-refractivity contribution is -0.633. The van der Waals surface area contributed by atoms with Gasteiger partial charge in [-0.05, 0) is 235 Å². The Hall–Kier alpha value is -8.67.